The average molecular weight is 266 g/mol. The number of carbonyl (C=O) groups is 1. The average Bonchev–Trinajstić information content (AvgIpc) is 2.52. The standard InChI is InChI=1S/C17H14O3/c1-19-16-10-9-13(15(11-16)12-18)7-8-14-5-3-4-6-17(14)20-2/h3-6,9-12H,1-2H3. The van der Waals surface area contributed by atoms with Crippen LogP contribution in [0.15, 0.2) is 42.5 Å². The molecular weight excluding hydrogens is 252 g/mol. The summed E-state index contributed by atoms with van der Waals surface area (Å²) in [6.45, 7) is 0. The SMILES string of the molecule is COc1ccc(C#Cc2ccccc2OC)c(C=O)c1. The van der Waals surface area contributed by atoms with Gasteiger partial charge >= 0.3 is 0 Å². The van der Waals surface area contributed by atoms with E-state index in [0.29, 0.717) is 22.6 Å². The van der Waals surface area contributed by atoms with Gasteiger partial charge in [-0.25, -0.2) is 0 Å². The van der Waals surface area contributed by atoms with Crippen molar-refractivity contribution in [1.82, 2.24) is 0 Å². The predicted octanol–water partition coefficient (Wildman–Crippen LogP) is 2.92. The molecule has 0 aromatic heterocycles. The van der Waals surface area contributed by atoms with E-state index in [9.17, 15) is 4.79 Å². The molecule has 2 aromatic rings. The van der Waals surface area contributed by atoms with E-state index in [1.54, 1.807) is 32.4 Å². The molecule has 0 radical (unpaired) electrons. The van der Waals surface area contributed by atoms with Crippen LogP contribution in [0.25, 0.3) is 0 Å². The van der Waals surface area contributed by atoms with Crippen LogP contribution >= 0.6 is 0 Å². The third kappa shape index (κ3) is 2.99. The zero-order valence-corrected chi connectivity index (χ0v) is 11.3. The van der Waals surface area contributed by atoms with Gasteiger partial charge in [0.1, 0.15) is 11.5 Å². The van der Waals surface area contributed by atoms with Crippen LogP contribution in [0.3, 0.4) is 0 Å². The number of rotatable bonds is 3. The van der Waals surface area contributed by atoms with Gasteiger partial charge in [0.25, 0.3) is 0 Å². The minimum atomic E-state index is 0.506. The van der Waals surface area contributed by atoms with Crippen LogP contribution in [0.1, 0.15) is 21.5 Å². The molecule has 3 nitrogen and oxygen atoms in total. The Morgan fingerprint density at radius 1 is 0.950 bits per heavy atom. The molecule has 0 atom stereocenters. The Hall–Kier alpha value is -2.73. The highest BCUT2D eigenvalue weighted by Gasteiger charge is 2.02. The summed E-state index contributed by atoms with van der Waals surface area (Å²) >= 11 is 0. The second kappa shape index (κ2) is 6.44. The molecule has 20 heavy (non-hydrogen) atoms. The number of benzene rings is 2. The van der Waals surface area contributed by atoms with Crippen LogP contribution in [0.5, 0.6) is 11.5 Å². The molecule has 3 heteroatoms. The molecule has 0 heterocycles. The highest BCUT2D eigenvalue weighted by atomic mass is 16.5. The minimum absolute atomic E-state index is 0.506. The summed E-state index contributed by atoms with van der Waals surface area (Å²) in [4.78, 5) is 11.1. The first-order valence-corrected chi connectivity index (χ1v) is 6.06. The summed E-state index contributed by atoms with van der Waals surface area (Å²) in [5.41, 5.74) is 1.95. The van der Waals surface area contributed by atoms with Gasteiger partial charge in [0.15, 0.2) is 6.29 Å². The van der Waals surface area contributed by atoms with Gasteiger partial charge in [-0.2, -0.15) is 0 Å². The Labute approximate surface area is 118 Å². The summed E-state index contributed by atoms with van der Waals surface area (Å²) in [7, 11) is 3.16. The van der Waals surface area contributed by atoms with E-state index in [1.807, 2.05) is 24.3 Å². The number of hydrogen-bond acceptors (Lipinski definition) is 3. The van der Waals surface area contributed by atoms with Gasteiger partial charge in [-0.15, -0.1) is 0 Å². The van der Waals surface area contributed by atoms with Gasteiger partial charge in [0, 0.05) is 11.1 Å². The molecule has 0 aliphatic rings. The Morgan fingerprint density at radius 2 is 1.70 bits per heavy atom. The molecule has 100 valence electrons. The van der Waals surface area contributed by atoms with Crippen molar-refractivity contribution >= 4 is 6.29 Å². The molecule has 0 saturated carbocycles. The second-order valence-corrected chi connectivity index (χ2v) is 4.02. The Balaban J connectivity index is 2.40. The Bertz CT molecular complexity index is 678. The van der Waals surface area contributed by atoms with Crippen LogP contribution in [0.4, 0.5) is 0 Å². The summed E-state index contributed by atoms with van der Waals surface area (Å²) in [5, 5.41) is 0. The summed E-state index contributed by atoms with van der Waals surface area (Å²) in [5.74, 6) is 7.35. The molecule has 0 amide bonds. The van der Waals surface area contributed by atoms with Crippen molar-refractivity contribution in [3.8, 4) is 23.3 Å². The van der Waals surface area contributed by atoms with Gasteiger partial charge in [-0.3, -0.25) is 4.79 Å². The van der Waals surface area contributed by atoms with E-state index >= 15 is 0 Å². The van der Waals surface area contributed by atoms with Crippen LogP contribution in [0, 0.1) is 11.8 Å². The number of para-hydroxylation sites is 1. The lowest BCUT2D eigenvalue weighted by Crippen LogP contribution is -1.91. The number of hydrogen-bond donors (Lipinski definition) is 0. The van der Waals surface area contributed by atoms with Crippen molar-refractivity contribution < 1.29 is 14.3 Å². The molecule has 0 N–H and O–H groups in total. The van der Waals surface area contributed by atoms with Gasteiger partial charge in [0.05, 0.1) is 19.8 Å². The molecular formula is C17H14O3. The maximum atomic E-state index is 11.1. The molecule has 0 aliphatic heterocycles. The largest absolute Gasteiger partial charge is 0.497 e. The molecule has 0 bridgehead atoms. The predicted molar refractivity (Wildman–Crippen MR) is 77.4 cm³/mol. The van der Waals surface area contributed by atoms with Crippen LogP contribution in [-0.4, -0.2) is 20.5 Å². The Morgan fingerprint density at radius 3 is 2.40 bits per heavy atom. The van der Waals surface area contributed by atoms with E-state index in [4.69, 9.17) is 9.47 Å². The van der Waals surface area contributed by atoms with Gasteiger partial charge in [-0.1, -0.05) is 24.0 Å². The fourth-order valence-electron chi connectivity index (χ4n) is 1.76. The number of aldehydes is 1. The smallest absolute Gasteiger partial charge is 0.151 e. The van der Waals surface area contributed by atoms with Crippen LogP contribution in [0.2, 0.25) is 0 Å². The van der Waals surface area contributed by atoms with Crippen molar-refractivity contribution in [1.29, 1.82) is 0 Å². The van der Waals surface area contributed by atoms with E-state index in [2.05, 4.69) is 11.8 Å². The van der Waals surface area contributed by atoms with E-state index in [1.165, 1.54) is 0 Å². The number of methoxy groups -OCH3 is 2. The van der Waals surface area contributed by atoms with E-state index in [-0.39, 0.29) is 0 Å². The molecule has 0 spiro atoms. The zero-order chi connectivity index (χ0) is 14.4. The molecule has 2 aromatic carbocycles. The molecule has 2 rings (SSSR count). The third-order valence-corrected chi connectivity index (χ3v) is 2.82. The fraction of sp³-hybridized carbons (Fsp3) is 0.118. The van der Waals surface area contributed by atoms with Crippen molar-refractivity contribution in [3.05, 3.63) is 59.2 Å². The van der Waals surface area contributed by atoms with Gasteiger partial charge in [0.2, 0.25) is 0 Å². The molecule has 0 unspecified atom stereocenters. The first kappa shape index (κ1) is 13.7. The lowest BCUT2D eigenvalue weighted by atomic mass is 10.1. The summed E-state index contributed by atoms with van der Waals surface area (Å²) < 4.78 is 10.3. The minimum Gasteiger partial charge on any atom is -0.497 e. The van der Waals surface area contributed by atoms with Gasteiger partial charge in [-0.05, 0) is 30.3 Å². The lowest BCUT2D eigenvalue weighted by molar-refractivity contribution is 0.112. The first-order valence-electron chi connectivity index (χ1n) is 6.06. The van der Waals surface area contributed by atoms with Crippen LogP contribution in [-0.2, 0) is 0 Å². The maximum absolute atomic E-state index is 11.1. The zero-order valence-electron chi connectivity index (χ0n) is 11.3. The lowest BCUT2D eigenvalue weighted by Gasteiger charge is -2.03. The highest BCUT2D eigenvalue weighted by molar-refractivity contribution is 5.80. The first-order chi connectivity index (χ1) is 9.78. The third-order valence-electron chi connectivity index (χ3n) is 2.82. The topological polar surface area (TPSA) is 35.5 Å². The van der Waals surface area contributed by atoms with E-state index < -0.39 is 0 Å². The monoisotopic (exact) mass is 266 g/mol. The fourth-order valence-corrected chi connectivity index (χ4v) is 1.76. The molecule has 0 fully saturated rings. The van der Waals surface area contributed by atoms with Crippen molar-refractivity contribution in [2.75, 3.05) is 14.2 Å². The highest BCUT2D eigenvalue weighted by Crippen LogP contribution is 2.18. The van der Waals surface area contributed by atoms with E-state index in [0.717, 1.165) is 11.8 Å². The molecule has 0 saturated heterocycles. The van der Waals surface area contributed by atoms with Crippen LogP contribution < -0.4 is 9.47 Å². The van der Waals surface area contributed by atoms with Crippen molar-refractivity contribution in [2.45, 2.75) is 0 Å². The summed E-state index contributed by atoms with van der Waals surface area (Å²) in [6.07, 6.45) is 0.773. The molecule has 0 aliphatic carbocycles. The van der Waals surface area contributed by atoms with Crippen molar-refractivity contribution in [3.63, 3.8) is 0 Å². The maximum Gasteiger partial charge on any atom is 0.151 e. The quantitative estimate of drug-likeness (QED) is 0.633. The normalized spacial score (nSPS) is 9.30. The second-order valence-electron chi connectivity index (χ2n) is 4.02. The van der Waals surface area contributed by atoms with Crippen molar-refractivity contribution in [2.24, 2.45) is 0 Å². The van der Waals surface area contributed by atoms with Gasteiger partial charge < -0.3 is 9.47 Å². The summed E-state index contributed by atoms with van der Waals surface area (Å²) in [6, 6.07) is 12.7. The number of ether oxygens (including phenoxy) is 2. The number of carbonyl (C=O) groups excluding carboxylic acids is 1. The Kier molecular flexibility index (Phi) is 4.41.